The van der Waals surface area contributed by atoms with Crippen molar-refractivity contribution < 1.29 is 13.5 Å². The van der Waals surface area contributed by atoms with Gasteiger partial charge in [0.25, 0.3) is 0 Å². The van der Waals surface area contributed by atoms with Crippen LogP contribution in [0, 0.1) is 11.8 Å². The highest BCUT2D eigenvalue weighted by Crippen LogP contribution is 2.37. The second-order valence-electron chi connectivity index (χ2n) is 9.12. The Kier molecular flexibility index (Phi) is 6.63. The van der Waals surface area contributed by atoms with E-state index in [4.69, 9.17) is 4.98 Å². The number of aliphatic hydroxyl groups excluding tert-OH is 1. The van der Waals surface area contributed by atoms with E-state index in [-0.39, 0.29) is 6.10 Å². The molecule has 164 valence electrons. The molecule has 5 nitrogen and oxygen atoms in total. The van der Waals surface area contributed by atoms with Crippen LogP contribution in [-0.2, 0) is 16.4 Å². The molecular formula is C23H32N2O3S2. The first-order valence-electron chi connectivity index (χ1n) is 11.0. The number of nitrogens with zero attached hydrogens (tertiary/aromatic N) is 2. The lowest BCUT2D eigenvalue weighted by molar-refractivity contribution is -0.0207. The van der Waals surface area contributed by atoms with Gasteiger partial charge in [0.05, 0.1) is 16.7 Å². The summed E-state index contributed by atoms with van der Waals surface area (Å²) in [6.45, 7) is 4.20. The molecule has 1 aromatic carbocycles. The molecule has 0 bridgehead atoms. The number of hydrogen-bond acceptors (Lipinski definition) is 6. The van der Waals surface area contributed by atoms with E-state index in [9.17, 15) is 13.5 Å². The van der Waals surface area contributed by atoms with Crippen molar-refractivity contribution in [3.63, 3.8) is 0 Å². The van der Waals surface area contributed by atoms with E-state index < -0.39 is 9.84 Å². The number of benzene rings is 1. The molecule has 1 aliphatic heterocycles. The van der Waals surface area contributed by atoms with Gasteiger partial charge < -0.3 is 5.11 Å². The molecule has 0 amide bonds. The van der Waals surface area contributed by atoms with Crippen molar-refractivity contribution in [2.45, 2.75) is 69.0 Å². The standard InChI is InChI=1S/C23H32N2O3S2/c1-16-6-11-22(26)20(13-16)21-5-3-4-12-25(21)14-18-15-29-23(24-18)17-7-9-19(10-8-17)30(2,27)28/h7-10,15-16,20-22,26H,3-6,11-14H2,1-2H3. The van der Waals surface area contributed by atoms with Gasteiger partial charge in [-0.2, -0.15) is 0 Å². The van der Waals surface area contributed by atoms with E-state index in [0.717, 1.165) is 48.6 Å². The molecule has 0 spiro atoms. The van der Waals surface area contributed by atoms with E-state index in [1.807, 2.05) is 12.1 Å². The first-order valence-corrected chi connectivity index (χ1v) is 13.8. The minimum Gasteiger partial charge on any atom is -0.393 e. The van der Waals surface area contributed by atoms with E-state index in [0.29, 0.717) is 22.8 Å². The van der Waals surface area contributed by atoms with Crippen LogP contribution in [0.4, 0.5) is 0 Å². The number of thiazole rings is 1. The summed E-state index contributed by atoms with van der Waals surface area (Å²) in [6.07, 6.45) is 7.86. The molecule has 1 aliphatic carbocycles. The Morgan fingerprint density at radius 2 is 1.93 bits per heavy atom. The van der Waals surface area contributed by atoms with Crippen LogP contribution in [0.3, 0.4) is 0 Å². The van der Waals surface area contributed by atoms with Gasteiger partial charge in [0, 0.05) is 35.7 Å². The number of likely N-dealkylation sites (tertiary alicyclic amines) is 1. The molecule has 1 saturated carbocycles. The predicted molar refractivity (Wildman–Crippen MR) is 121 cm³/mol. The lowest BCUT2D eigenvalue weighted by Gasteiger charge is -2.44. The van der Waals surface area contributed by atoms with Gasteiger partial charge in [0.15, 0.2) is 9.84 Å². The number of piperidine rings is 1. The number of aromatic nitrogens is 1. The monoisotopic (exact) mass is 448 g/mol. The van der Waals surface area contributed by atoms with Crippen LogP contribution in [0.5, 0.6) is 0 Å². The largest absolute Gasteiger partial charge is 0.393 e. The van der Waals surface area contributed by atoms with Crippen molar-refractivity contribution in [1.29, 1.82) is 0 Å². The van der Waals surface area contributed by atoms with Gasteiger partial charge >= 0.3 is 0 Å². The number of rotatable bonds is 5. The number of sulfone groups is 1. The first kappa shape index (κ1) is 21.9. The number of hydrogen-bond donors (Lipinski definition) is 1. The van der Waals surface area contributed by atoms with Gasteiger partial charge in [-0.1, -0.05) is 25.5 Å². The predicted octanol–water partition coefficient (Wildman–Crippen LogP) is 4.37. The average Bonchev–Trinajstić information content (AvgIpc) is 3.18. The molecule has 1 saturated heterocycles. The minimum atomic E-state index is -3.19. The lowest BCUT2D eigenvalue weighted by atomic mass is 9.74. The van der Waals surface area contributed by atoms with Crippen LogP contribution in [-0.4, -0.2) is 48.4 Å². The van der Waals surface area contributed by atoms with Crippen molar-refractivity contribution in [2.75, 3.05) is 12.8 Å². The van der Waals surface area contributed by atoms with Gasteiger partial charge in [-0.3, -0.25) is 4.90 Å². The third-order valence-corrected chi connectivity index (χ3v) is 8.80. The van der Waals surface area contributed by atoms with Crippen molar-refractivity contribution in [3.8, 4) is 10.6 Å². The van der Waals surface area contributed by atoms with Crippen LogP contribution in [0.1, 0.15) is 51.1 Å². The lowest BCUT2D eigenvalue weighted by Crippen LogP contribution is -2.49. The minimum absolute atomic E-state index is 0.175. The molecule has 30 heavy (non-hydrogen) atoms. The molecule has 2 fully saturated rings. The maximum atomic E-state index is 11.7. The maximum Gasteiger partial charge on any atom is 0.175 e. The summed E-state index contributed by atoms with van der Waals surface area (Å²) in [5.74, 6) is 1.07. The Labute approximate surface area is 184 Å². The van der Waals surface area contributed by atoms with E-state index >= 15 is 0 Å². The van der Waals surface area contributed by atoms with E-state index in [1.54, 1.807) is 23.5 Å². The van der Waals surface area contributed by atoms with Crippen LogP contribution in [0.15, 0.2) is 34.5 Å². The van der Waals surface area contributed by atoms with Crippen LogP contribution in [0.2, 0.25) is 0 Å². The van der Waals surface area contributed by atoms with Crippen molar-refractivity contribution in [3.05, 3.63) is 35.3 Å². The highest BCUT2D eigenvalue weighted by atomic mass is 32.2. The summed E-state index contributed by atoms with van der Waals surface area (Å²) >= 11 is 1.61. The number of aliphatic hydroxyl groups is 1. The summed E-state index contributed by atoms with van der Waals surface area (Å²) in [5, 5.41) is 13.7. The molecule has 0 radical (unpaired) electrons. The zero-order chi connectivity index (χ0) is 21.3. The Morgan fingerprint density at radius 3 is 2.67 bits per heavy atom. The van der Waals surface area contributed by atoms with Crippen molar-refractivity contribution >= 4 is 21.2 Å². The topological polar surface area (TPSA) is 70.5 Å². The summed E-state index contributed by atoms with van der Waals surface area (Å²) in [7, 11) is -3.19. The summed E-state index contributed by atoms with van der Waals surface area (Å²) in [6, 6.07) is 7.41. The van der Waals surface area contributed by atoms with Gasteiger partial charge in [-0.15, -0.1) is 11.3 Å². The summed E-state index contributed by atoms with van der Waals surface area (Å²) < 4.78 is 23.3. The third-order valence-electron chi connectivity index (χ3n) is 6.73. The second-order valence-corrected chi connectivity index (χ2v) is 12.0. The SMILES string of the molecule is CC1CCC(O)C(C2CCCCN2Cc2csc(-c3ccc(S(C)(=O)=O)cc3)n2)C1. The Morgan fingerprint density at radius 1 is 1.17 bits per heavy atom. The van der Waals surface area contributed by atoms with Crippen LogP contribution < -0.4 is 0 Å². The zero-order valence-electron chi connectivity index (χ0n) is 17.8. The Bertz CT molecular complexity index is 955. The Hall–Kier alpha value is -1.28. The molecule has 7 heteroatoms. The molecule has 4 atom stereocenters. The van der Waals surface area contributed by atoms with Crippen LogP contribution in [0.25, 0.3) is 10.6 Å². The van der Waals surface area contributed by atoms with E-state index in [2.05, 4.69) is 17.2 Å². The molecule has 2 aliphatic rings. The first-order chi connectivity index (χ1) is 14.3. The maximum absolute atomic E-state index is 11.7. The Balaban J connectivity index is 1.48. The van der Waals surface area contributed by atoms with Gasteiger partial charge in [-0.05, 0) is 56.7 Å². The molecule has 1 N–H and O–H groups in total. The fourth-order valence-corrected chi connectivity index (χ4v) is 6.53. The normalized spacial score (nSPS) is 28.5. The third kappa shape index (κ3) is 4.96. The molecule has 2 heterocycles. The van der Waals surface area contributed by atoms with Crippen LogP contribution >= 0.6 is 11.3 Å². The smallest absolute Gasteiger partial charge is 0.175 e. The fraction of sp³-hybridized carbons (Fsp3) is 0.609. The summed E-state index contributed by atoms with van der Waals surface area (Å²) in [5.41, 5.74) is 2.01. The van der Waals surface area contributed by atoms with E-state index in [1.165, 1.54) is 25.5 Å². The molecule has 4 unspecified atom stereocenters. The molecule has 4 rings (SSSR count). The van der Waals surface area contributed by atoms with Crippen molar-refractivity contribution in [2.24, 2.45) is 11.8 Å². The summed E-state index contributed by atoms with van der Waals surface area (Å²) in [4.78, 5) is 7.72. The average molecular weight is 449 g/mol. The molecule has 1 aromatic heterocycles. The molecular weight excluding hydrogens is 416 g/mol. The quantitative estimate of drug-likeness (QED) is 0.736. The molecule has 2 aromatic rings. The van der Waals surface area contributed by atoms with Gasteiger partial charge in [0.1, 0.15) is 5.01 Å². The van der Waals surface area contributed by atoms with Gasteiger partial charge in [-0.25, -0.2) is 13.4 Å². The fourth-order valence-electron chi connectivity index (χ4n) is 5.09. The highest BCUT2D eigenvalue weighted by Gasteiger charge is 2.37. The second kappa shape index (κ2) is 9.07. The van der Waals surface area contributed by atoms with Crippen molar-refractivity contribution in [1.82, 2.24) is 9.88 Å². The zero-order valence-corrected chi connectivity index (χ0v) is 19.5. The highest BCUT2D eigenvalue weighted by molar-refractivity contribution is 7.90. The van der Waals surface area contributed by atoms with Gasteiger partial charge in [0.2, 0.25) is 0 Å².